The summed E-state index contributed by atoms with van der Waals surface area (Å²) in [5, 5.41) is 9.88. The van der Waals surface area contributed by atoms with Crippen molar-refractivity contribution in [3.63, 3.8) is 0 Å². The van der Waals surface area contributed by atoms with E-state index in [0.29, 0.717) is 33.4 Å². The Balaban J connectivity index is 3.37. The zero-order valence-corrected chi connectivity index (χ0v) is 10.6. The first-order valence-corrected chi connectivity index (χ1v) is 5.52. The number of methoxy groups -OCH3 is 1. The quantitative estimate of drug-likeness (QED) is 0.758. The van der Waals surface area contributed by atoms with E-state index in [1.54, 1.807) is 25.3 Å². The third-order valence-corrected chi connectivity index (χ3v) is 2.82. The van der Waals surface area contributed by atoms with E-state index in [2.05, 4.69) is 6.07 Å². The Morgan fingerprint density at radius 2 is 2.19 bits per heavy atom. The molecule has 0 aromatic heterocycles. The van der Waals surface area contributed by atoms with Crippen molar-refractivity contribution in [3.8, 4) is 11.8 Å². The van der Waals surface area contributed by atoms with Crippen molar-refractivity contribution in [2.45, 2.75) is 13.3 Å². The van der Waals surface area contributed by atoms with Crippen molar-refractivity contribution in [3.05, 3.63) is 34.4 Å². The Hall–Kier alpha value is -1.17. The summed E-state index contributed by atoms with van der Waals surface area (Å²) < 4.78 is 5.17. The maximum Gasteiger partial charge on any atom is 0.127 e. The summed E-state index contributed by atoms with van der Waals surface area (Å²) in [4.78, 5) is 0. The molecule has 0 radical (unpaired) electrons. The molecule has 0 fully saturated rings. The van der Waals surface area contributed by atoms with Gasteiger partial charge in [-0.1, -0.05) is 30.1 Å². The number of halogens is 2. The normalized spacial score (nSPS) is 11.7. The zero-order valence-electron chi connectivity index (χ0n) is 9.05. The van der Waals surface area contributed by atoms with Gasteiger partial charge in [0.15, 0.2) is 0 Å². The van der Waals surface area contributed by atoms with Gasteiger partial charge in [0.2, 0.25) is 0 Å². The van der Waals surface area contributed by atoms with E-state index in [1.807, 2.05) is 6.92 Å². The van der Waals surface area contributed by atoms with E-state index >= 15 is 0 Å². The number of nitrogens with zero attached hydrogens (tertiary/aromatic N) is 1. The average molecular weight is 256 g/mol. The van der Waals surface area contributed by atoms with Crippen LogP contribution in [0.3, 0.4) is 0 Å². The van der Waals surface area contributed by atoms with Crippen LogP contribution in [0.1, 0.15) is 18.9 Å². The van der Waals surface area contributed by atoms with E-state index in [4.69, 9.17) is 33.2 Å². The van der Waals surface area contributed by atoms with Gasteiger partial charge in [0.05, 0.1) is 18.2 Å². The molecule has 2 nitrogen and oxygen atoms in total. The van der Waals surface area contributed by atoms with E-state index in [9.17, 15) is 0 Å². The molecular formula is C12H11Cl2NO. The standard InChI is InChI=1S/C12H11Cl2NO/c1-3-8(7-15)12(14)10-6-9(13)4-5-11(10)16-2/h4-6H,3H2,1-2H3. The number of benzene rings is 1. The van der Waals surface area contributed by atoms with Crippen LogP contribution in [0.15, 0.2) is 23.8 Å². The Labute approximate surface area is 105 Å². The second-order valence-corrected chi connectivity index (χ2v) is 3.92. The lowest BCUT2D eigenvalue weighted by atomic mass is 10.1. The van der Waals surface area contributed by atoms with Gasteiger partial charge in [-0.3, -0.25) is 0 Å². The maximum atomic E-state index is 8.92. The van der Waals surface area contributed by atoms with Crippen LogP contribution in [0.4, 0.5) is 0 Å². The molecule has 0 unspecified atom stereocenters. The largest absolute Gasteiger partial charge is 0.496 e. The van der Waals surface area contributed by atoms with Crippen LogP contribution in [0.5, 0.6) is 5.75 Å². The predicted molar refractivity (Wildman–Crippen MR) is 66.7 cm³/mol. The Kier molecular flexibility index (Phi) is 4.67. The van der Waals surface area contributed by atoms with Crippen molar-refractivity contribution in [1.82, 2.24) is 0 Å². The molecule has 0 atom stereocenters. The molecule has 0 heterocycles. The third kappa shape index (κ3) is 2.69. The zero-order chi connectivity index (χ0) is 12.1. The molecular weight excluding hydrogens is 245 g/mol. The minimum atomic E-state index is 0.393. The van der Waals surface area contributed by atoms with Gasteiger partial charge in [-0.05, 0) is 24.6 Å². The maximum absolute atomic E-state index is 8.92. The number of ether oxygens (including phenoxy) is 1. The molecule has 0 aliphatic carbocycles. The van der Waals surface area contributed by atoms with Gasteiger partial charge >= 0.3 is 0 Å². The molecule has 0 N–H and O–H groups in total. The Morgan fingerprint density at radius 1 is 1.50 bits per heavy atom. The minimum Gasteiger partial charge on any atom is -0.496 e. The Morgan fingerprint density at radius 3 is 2.69 bits per heavy atom. The van der Waals surface area contributed by atoms with Gasteiger partial charge in [0.1, 0.15) is 5.75 Å². The molecule has 1 rings (SSSR count). The first-order valence-electron chi connectivity index (χ1n) is 4.76. The van der Waals surface area contributed by atoms with Gasteiger partial charge in [-0.25, -0.2) is 0 Å². The van der Waals surface area contributed by atoms with E-state index in [1.165, 1.54) is 0 Å². The van der Waals surface area contributed by atoms with Crippen LogP contribution in [0.25, 0.3) is 5.03 Å². The summed E-state index contributed by atoms with van der Waals surface area (Å²) in [5.74, 6) is 0.607. The van der Waals surface area contributed by atoms with E-state index in [-0.39, 0.29) is 0 Å². The Bertz CT molecular complexity index is 461. The van der Waals surface area contributed by atoms with Crippen molar-refractivity contribution in [1.29, 1.82) is 5.26 Å². The molecule has 0 saturated heterocycles. The van der Waals surface area contributed by atoms with Gasteiger partial charge < -0.3 is 4.74 Å². The molecule has 0 aliphatic rings. The van der Waals surface area contributed by atoms with Gasteiger partial charge in [-0.15, -0.1) is 0 Å². The monoisotopic (exact) mass is 255 g/mol. The smallest absolute Gasteiger partial charge is 0.127 e. The summed E-state index contributed by atoms with van der Waals surface area (Å²) in [5.41, 5.74) is 1.16. The fraction of sp³-hybridized carbons (Fsp3) is 0.250. The van der Waals surface area contributed by atoms with Crippen LogP contribution in [-0.2, 0) is 0 Å². The van der Waals surface area contributed by atoms with Gasteiger partial charge in [-0.2, -0.15) is 5.26 Å². The topological polar surface area (TPSA) is 33.0 Å². The van der Waals surface area contributed by atoms with Crippen LogP contribution >= 0.6 is 23.2 Å². The predicted octanol–water partition coefficient (Wildman–Crippen LogP) is 4.23. The lowest BCUT2D eigenvalue weighted by molar-refractivity contribution is 0.413. The van der Waals surface area contributed by atoms with E-state index < -0.39 is 0 Å². The van der Waals surface area contributed by atoms with Crippen molar-refractivity contribution >= 4 is 28.2 Å². The second-order valence-electron chi connectivity index (χ2n) is 3.10. The van der Waals surface area contributed by atoms with Crippen LogP contribution < -0.4 is 4.74 Å². The number of hydrogen-bond acceptors (Lipinski definition) is 2. The highest BCUT2D eigenvalue weighted by atomic mass is 35.5. The summed E-state index contributed by atoms with van der Waals surface area (Å²) >= 11 is 12.0. The fourth-order valence-electron chi connectivity index (χ4n) is 1.30. The molecule has 84 valence electrons. The second kappa shape index (κ2) is 5.79. The average Bonchev–Trinajstić information content (AvgIpc) is 2.30. The summed E-state index contributed by atoms with van der Waals surface area (Å²) in [6.45, 7) is 1.87. The molecule has 16 heavy (non-hydrogen) atoms. The summed E-state index contributed by atoms with van der Waals surface area (Å²) in [6.07, 6.45) is 0.574. The molecule has 0 amide bonds. The molecule has 0 saturated carbocycles. The summed E-state index contributed by atoms with van der Waals surface area (Å²) in [7, 11) is 1.55. The number of allylic oxidation sites excluding steroid dienone is 1. The van der Waals surface area contributed by atoms with E-state index in [0.717, 1.165) is 0 Å². The minimum absolute atomic E-state index is 0.393. The molecule has 4 heteroatoms. The highest BCUT2D eigenvalue weighted by molar-refractivity contribution is 6.50. The third-order valence-electron chi connectivity index (χ3n) is 2.15. The number of hydrogen-bond donors (Lipinski definition) is 0. The van der Waals surface area contributed by atoms with Crippen LogP contribution in [-0.4, -0.2) is 7.11 Å². The number of rotatable bonds is 3. The SMILES string of the molecule is CCC(C#N)=C(Cl)c1cc(Cl)ccc1OC. The first kappa shape index (κ1) is 12.9. The highest BCUT2D eigenvalue weighted by Gasteiger charge is 2.11. The van der Waals surface area contributed by atoms with Crippen LogP contribution in [0, 0.1) is 11.3 Å². The van der Waals surface area contributed by atoms with Crippen molar-refractivity contribution in [2.75, 3.05) is 7.11 Å². The molecule has 1 aromatic rings. The van der Waals surface area contributed by atoms with Crippen LogP contribution in [0.2, 0.25) is 5.02 Å². The first-order chi connectivity index (χ1) is 7.63. The molecule has 1 aromatic carbocycles. The summed E-state index contributed by atoms with van der Waals surface area (Å²) in [6, 6.07) is 7.20. The lowest BCUT2D eigenvalue weighted by Crippen LogP contribution is -1.91. The van der Waals surface area contributed by atoms with Crippen molar-refractivity contribution in [2.24, 2.45) is 0 Å². The molecule has 0 bridgehead atoms. The van der Waals surface area contributed by atoms with Gasteiger partial charge in [0.25, 0.3) is 0 Å². The molecule has 0 aliphatic heterocycles. The molecule has 0 spiro atoms. The van der Waals surface area contributed by atoms with Crippen molar-refractivity contribution < 1.29 is 4.74 Å². The number of nitriles is 1. The fourth-order valence-corrected chi connectivity index (χ4v) is 1.79. The van der Waals surface area contributed by atoms with Gasteiger partial charge in [0, 0.05) is 16.2 Å². The highest BCUT2D eigenvalue weighted by Crippen LogP contribution is 2.33. The lowest BCUT2D eigenvalue weighted by Gasteiger charge is -2.09.